The van der Waals surface area contributed by atoms with E-state index in [4.69, 9.17) is 4.74 Å². The highest BCUT2D eigenvalue weighted by atomic mass is 32.1. The van der Waals surface area contributed by atoms with Crippen LogP contribution < -0.4 is 10.1 Å². The maximum atomic E-state index is 12.2. The first-order valence-electron chi connectivity index (χ1n) is 10.2. The molecule has 0 spiro atoms. The number of nitrogens with zero attached hydrogens (tertiary/aromatic N) is 2. The van der Waals surface area contributed by atoms with Gasteiger partial charge in [0.2, 0.25) is 5.91 Å². The summed E-state index contributed by atoms with van der Waals surface area (Å²) < 4.78 is 7.88. The molecule has 1 atom stereocenters. The zero-order chi connectivity index (χ0) is 22.0. The van der Waals surface area contributed by atoms with Gasteiger partial charge in [-0.1, -0.05) is 0 Å². The first kappa shape index (κ1) is 20.9. The normalized spacial score (nSPS) is 14.9. The largest absolute Gasteiger partial charge is 0.488 e. The Morgan fingerprint density at radius 1 is 1.39 bits per heavy atom. The lowest BCUT2D eigenvalue weighted by atomic mass is 10.0. The van der Waals surface area contributed by atoms with Crippen molar-refractivity contribution in [3.8, 4) is 16.2 Å². The molecule has 3 aromatic rings. The molecule has 0 saturated heterocycles. The van der Waals surface area contributed by atoms with Gasteiger partial charge in [-0.3, -0.25) is 14.2 Å². The van der Waals surface area contributed by atoms with E-state index in [-0.39, 0.29) is 17.8 Å². The first-order valence-corrected chi connectivity index (χ1v) is 11.0. The number of hydrogen-bond acceptors (Lipinski definition) is 5. The van der Waals surface area contributed by atoms with Gasteiger partial charge >= 0.3 is 0 Å². The van der Waals surface area contributed by atoms with Gasteiger partial charge in [0, 0.05) is 30.1 Å². The standard InChI is InChI=1S/C24H23N3O3S/c1-4-27-10-9-25-22(27)7-8-23(29)26-14-19-13-18-12-17(11-15(2)24(18)30-19)21-6-5-20(31-21)16(3)28/h5-8,11-12,19H,4,13-14H2,1-3H3,(H,26,29)/b8-7+. The molecule has 4 rings (SSSR count). The highest BCUT2D eigenvalue weighted by Crippen LogP contribution is 2.38. The average molecular weight is 434 g/mol. The molecule has 1 N–H and O–H groups in total. The predicted molar refractivity (Wildman–Crippen MR) is 120 cm³/mol. The number of fused-ring (bicyclic) bond motifs is 1. The Bertz CT molecular complexity index is 1160. The molecule has 2 aromatic heterocycles. The number of rotatable bonds is 7. The quantitative estimate of drug-likeness (QED) is 0.453. The van der Waals surface area contributed by atoms with Crippen LogP contribution in [0.4, 0.5) is 0 Å². The third-order valence-corrected chi connectivity index (χ3v) is 6.39. The van der Waals surface area contributed by atoms with Crippen molar-refractivity contribution in [3.63, 3.8) is 0 Å². The van der Waals surface area contributed by atoms with Gasteiger partial charge in [-0.15, -0.1) is 11.3 Å². The SMILES string of the molecule is CCn1c#cnc1/C=C/C(=O)NCC1Cc2cc(-c3ccc(C(C)=O)s3)cc(C)c2O1. The summed E-state index contributed by atoms with van der Waals surface area (Å²) in [4.78, 5) is 29.7. The van der Waals surface area contributed by atoms with Crippen molar-refractivity contribution in [1.82, 2.24) is 14.9 Å². The Kier molecular flexibility index (Phi) is 5.92. The second kappa shape index (κ2) is 8.78. The van der Waals surface area contributed by atoms with Gasteiger partial charge in [-0.05, 0) is 67.8 Å². The number of benzene rings is 1. The van der Waals surface area contributed by atoms with Crippen molar-refractivity contribution in [1.29, 1.82) is 0 Å². The number of ketones is 1. The Morgan fingerprint density at radius 2 is 2.23 bits per heavy atom. The highest BCUT2D eigenvalue weighted by molar-refractivity contribution is 7.17. The molecule has 1 amide bonds. The predicted octanol–water partition coefficient (Wildman–Crippen LogP) is 3.88. The number of aromatic nitrogens is 2. The van der Waals surface area contributed by atoms with Crippen LogP contribution in [0.2, 0.25) is 0 Å². The number of nitrogens with one attached hydrogen (secondary N) is 1. The smallest absolute Gasteiger partial charge is 0.244 e. The van der Waals surface area contributed by atoms with E-state index in [1.807, 2.05) is 26.0 Å². The van der Waals surface area contributed by atoms with E-state index in [9.17, 15) is 9.59 Å². The fourth-order valence-corrected chi connectivity index (χ4v) is 4.50. The Morgan fingerprint density at radius 3 is 2.97 bits per heavy atom. The summed E-state index contributed by atoms with van der Waals surface area (Å²) in [6, 6.07) is 8.07. The second-order valence-electron chi connectivity index (χ2n) is 7.46. The Labute approximate surface area is 185 Å². The van der Waals surface area contributed by atoms with Gasteiger partial charge in [-0.2, -0.15) is 4.98 Å². The van der Waals surface area contributed by atoms with Crippen molar-refractivity contribution in [2.75, 3.05) is 6.54 Å². The number of carbonyl (C=O) groups excluding carboxylic acids is 2. The summed E-state index contributed by atoms with van der Waals surface area (Å²) in [6.07, 6.45) is 9.24. The summed E-state index contributed by atoms with van der Waals surface area (Å²) in [5.74, 6) is 1.42. The Hall–Kier alpha value is -3.37. The second-order valence-corrected chi connectivity index (χ2v) is 8.55. The molecule has 3 heterocycles. The van der Waals surface area contributed by atoms with E-state index in [1.165, 1.54) is 17.4 Å². The molecule has 7 heteroatoms. The molecule has 6 nitrogen and oxygen atoms in total. The third-order valence-electron chi connectivity index (χ3n) is 5.16. The fraction of sp³-hybridized carbons (Fsp3) is 0.292. The van der Waals surface area contributed by atoms with Gasteiger partial charge in [0.05, 0.1) is 17.6 Å². The lowest BCUT2D eigenvalue weighted by Gasteiger charge is -2.12. The molecule has 1 unspecified atom stereocenters. The van der Waals surface area contributed by atoms with Crippen LogP contribution in [-0.2, 0) is 17.8 Å². The van der Waals surface area contributed by atoms with Crippen molar-refractivity contribution >= 4 is 29.1 Å². The van der Waals surface area contributed by atoms with E-state index >= 15 is 0 Å². The summed E-state index contributed by atoms with van der Waals surface area (Å²) in [7, 11) is 0. The number of hydrogen-bond donors (Lipinski definition) is 1. The molecular weight excluding hydrogens is 410 g/mol. The number of ether oxygens (including phenoxy) is 1. The molecule has 0 bridgehead atoms. The zero-order valence-corrected chi connectivity index (χ0v) is 18.5. The zero-order valence-electron chi connectivity index (χ0n) is 17.7. The number of amides is 1. The number of thiophene rings is 1. The minimum absolute atomic E-state index is 0.0808. The first-order chi connectivity index (χ1) is 14.9. The van der Waals surface area contributed by atoms with Gasteiger partial charge in [0.1, 0.15) is 11.9 Å². The number of aryl methyl sites for hydroxylation is 1. The van der Waals surface area contributed by atoms with Crippen LogP contribution >= 0.6 is 11.3 Å². The van der Waals surface area contributed by atoms with E-state index < -0.39 is 0 Å². The van der Waals surface area contributed by atoms with Crippen molar-refractivity contribution < 1.29 is 14.3 Å². The molecular formula is C24H23N3O3S. The summed E-state index contributed by atoms with van der Waals surface area (Å²) in [5.41, 5.74) is 3.27. The molecule has 158 valence electrons. The molecule has 0 fully saturated rings. The lowest BCUT2D eigenvalue weighted by Crippen LogP contribution is -2.33. The third kappa shape index (κ3) is 4.54. The van der Waals surface area contributed by atoms with Gasteiger partial charge in [-0.25, -0.2) is 0 Å². The van der Waals surface area contributed by atoms with Crippen LogP contribution in [0.3, 0.4) is 0 Å². The summed E-state index contributed by atoms with van der Waals surface area (Å²) in [5, 5.41) is 2.90. The van der Waals surface area contributed by atoms with Gasteiger partial charge in [0.15, 0.2) is 11.6 Å². The van der Waals surface area contributed by atoms with Gasteiger partial charge < -0.3 is 10.1 Å². The molecule has 0 aliphatic carbocycles. The van der Waals surface area contributed by atoms with E-state index in [1.54, 1.807) is 17.6 Å². The van der Waals surface area contributed by atoms with Crippen LogP contribution in [-0.4, -0.2) is 33.9 Å². The van der Waals surface area contributed by atoms with Crippen molar-refractivity contribution in [2.24, 2.45) is 0 Å². The van der Waals surface area contributed by atoms with Gasteiger partial charge in [0.25, 0.3) is 0 Å². The number of carbonyl (C=O) groups is 2. The van der Waals surface area contributed by atoms with Crippen molar-refractivity contribution in [3.05, 3.63) is 64.6 Å². The van der Waals surface area contributed by atoms with E-state index in [2.05, 4.69) is 34.8 Å². The summed E-state index contributed by atoms with van der Waals surface area (Å²) >= 11 is 1.50. The van der Waals surface area contributed by atoms with Crippen LogP contribution in [0.25, 0.3) is 16.5 Å². The topological polar surface area (TPSA) is 73.2 Å². The lowest BCUT2D eigenvalue weighted by molar-refractivity contribution is -0.116. The van der Waals surface area contributed by atoms with E-state index in [0.29, 0.717) is 12.4 Å². The molecule has 1 aliphatic heterocycles. The molecule has 31 heavy (non-hydrogen) atoms. The summed E-state index contributed by atoms with van der Waals surface area (Å²) in [6.45, 7) is 6.72. The minimum atomic E-state index is -0.196. The van der Waals surface area contributed by atoms with Crippen LogP contribution in [0.5, 0.6) is 5.75 Å². The van der Waals surface area contributed by atoms with Crippen LogP contribution in [0.15, 0.2) is 30.3 Å². The minimum Gasteiger partial charge on any atom is -0.488 e. The molecule has 1 aliphatic rings. The van der Waals surface area contributed by atoms with Crippen LogP contribution in [0, 0.1) is 19.3 Å². The van der Waals surface area contributed by atoms with Crippen molar-refractivity contribution in [2.45, 2.75) is 39.8 Å². The fourth-order valence-electron chi connectivity index (χ4n) is 3.61. The monoisotopic (exact) mass is 433 g/mol. The molecule has 1 aromatic carbocycles. The number of Topliss-reactive ketones (excluding diaryl/α,β-unsaturated/α-hetero) is 1. The molecule has 0 saturated carbocycles. The van der Waals surface area contributed by atoms with Crippen LogP contribution in [0.1, 0.15) is 40.5 Å². The Balaban J connectivity index is 1.38. The maximum Gasteiger partial charge on any atom is 0.244 e. The average Bonchev–Trinajstić information content (AvgIpc) is 3.49. The highest BCUT2D eigenvalue weighted by Gasteiger charge is 2.25. The maximum absolute atomic E-state index is 12.2. The van der Waals surface area contributed by atoms with E-state index in [0.717, 1.165) is 45.2 Å². The molecule has 0 radical (unpaired) electrons.